The Labute approximate surface area is 299 Å². The summed E-state index contributed by atoms with van der Waals surface area (Å²) < 4.78 is 5.41. The third-order valence-electron chi connectivity index (χ3n) is 7.74. The fourth-order valence-corrected chi connectivity index (χ4v) is 7.08. The number of alkyl carbamates (subject to hydrolysis) is 1. The van der Waals surface area contributed by atoms with Crippen molar-refractivity contribution in [3.63, 3.8) is 0 Å². The Bertz CT molecular complexity index is 1580. The SMILES string of the molecule is CC(C)c1nc(CN(C)C(=O)N[C@H](C(=O)N[C@H](Cc2cncs2)C[C@H](O)[C@H](Cc2ccccc2)NC(=O)OCc2cncs2)C(C)C)cs1. The van der Waals surface area contributed by atoms with E-state index in [1.165, 1.54) is 27.6 Å². The van der Waals surface area contributed by atoms with E-state index in [4.69, 9.17) is 4.74 Å². The number of aromatic nitrogens is 3. The number of urea groups is 1. The van der Waals surface area contributed by atoms with Crippen molar-refractivity contribution in [2.75, 3.05) is 7.05 Å². The Morgan fingerprint density at radius 3 is 2.22 bits per heavy atom. The van der Waals surface area contributed by atoms with Gasteiger partial charge in [-0.15, -0.1) is 34.0 Å². The van der Waals surface area contributed by atoms with Crippen LogP contribution in [0.4, 0.5) is 9.59 Å². The fourth-order valence-electron chi connectivity index (χ4n) is 5.07. The molecule has 264 valence electrons. The smallest absolute Gasteiger partial charge is 0.407 e. The third-order valence-corrected chi connectivity index (χ3v) is 10.5. The van der Waals surface area contributed by atoms with Crippen LogP contribution in [0.25, 0.3) is 0 Å². The van der Waals surface area contributed by atoms with Gasteiger partial charge in [0.05, 0.1) is 45.3 Å². The number of carbonyl (C=O) groups excluding carboxylic acids is 3. The van der Waals surface area contributed by atoms with Gasteiger partial charge in [0.1, 0.15) is 12.6 Å². The lowest BCUT2D eigenvalue weighted by molar-refractivity contribution is -0.124. The van der Waals surface area contributed by atoms with Crippen LogP contribution in [0, 0.1) is 5.92 Å². The van der Waals surface area contributed by atoms with E-state index in [9.17, 15) is 19.5 Å². The Morgan fingerprint density at radius 2 is 1.61 bits per heavy atom. The van der Waals surface area contributed by atoms with E-state index in [0.717, 1.165) is 26.0 Å². The molecule has 4 aromatic rings. The number of amides is 4. The highest BCUT2D eigenvalue weighted by atomic mass is 32.1. The van der Waals surface area contributed by atoms with Crippen LogP contribution in [-0.2, 0) is 35.5 Å². The minimum absolute atomic E-state index is 0.0645. The van der Waals surface area contributed by atoms with E-state index < -0.39 is 36.4 Å². The maximum absolute atomic E-state index is 13.8. The lowest BCUT2D eigenvalue weighted by Gasteiger charge is -2.30. The van der Waals surface area contributed by atoms with Gasteiger partial charge in [-0.25, -0.2) is 14.6 Å². The van der Waals surface area contributed by atoms with Gasteiger partial charge in [-0.2, -0.15) is 0 Å². The molecule has 0 aliphatic rings. The highest BCUT2D eigenvalue weighted by Gasteiger charge is 2.31. The monoisotopic (exact) mass is 727 g/mol. The standard InChI is InChI=1S/C34H45N7O5S3/c1-21(2)30(40-33(44)41(5)16-25-18-47-32(38-25)22(3)4)31(43)37-24(12-26-14-35-19-48-26)13-29(42)28(11-23-9-7-6-8-10-23)39-34(45)46-17-27-15-36-20-49-27/h6-10,14-15,18-22,24,28-30,42H,11-13,16-17H2,1-5H3,(H,37,43)(H,39,45)(H,40,44)/t24-,28+,29+,30+/m1/s1. The molecule has 1 aromatic carbocycles. The summed E-state index contributed by atoms with van der Waals surface area (Å²) in [4.78, 5) is 55.9. The minimum atomic E-state index is -1.05. The summed E-state index contributed by atoms with van der Waals surface area (Å²) in [6, 6.07) is 7.06. The van der Waals surface area contributed by atoms with Crippen molar-refractivity contribution in [3.8, 4) is 0 Å². The van der Waals surface area contributed by atoms with E-state index in [2.05, 4.69) is 44.7 Å². The molecule has 0 saturated carbocycles. The lowest BCUT2D eigenvalue weighted by Crippen LogP contribution is -2.55. The van der Waals surface area contributed by atoms with Crippen LogP contribution < -0.4 is 16.0 Å². The second kappa shape index (κ2) is 18.7. The highest BCUT2D eigenvalue weighted by molar-refractivity contribution is 7.10. The van der Waals surface area contributed by atoms with Crippen molar-refractivity contribution >= 4 is 52.0 Å². The number of ether oxygens (including phenoxy) is 1. The topological polar surface area (TPSA) is 159 Å². The second-order valence-electron chi connectivity index (χ2n) is 12.5. The molecule has 0 radical (unpaired) electrons. The number of aliphatic hydroxyl groups is 1. The van der Waals surface area contributed by atoms with Crippen molar-refractivity contribution in [2.45, 2.75) is 90.3 Å². The lowest BCUT2D eigenvalue weighted by atomic mass is 9.94. The Kier molecular flexibility index (Phi) is 14.5. The first-order valence-electron chi connectivity index (χ1n) is 16.1. The van der Waals surface area contributed by atoms with Gasteiger partial charge in [-0.1, -0.05) is 58.0 Å². The molecule has 4 N–H and O–H groups in total. The van der Waals surface area contributed by atoms with Crippen molar-refractivity contribution in [2.24, 2.45) is 5.92 Å². The number of hydrogen-bond donors (Lipinski definition) is 4. The molecule has 0 saturated heterocycles. The molecule has 0 aliphatic carbocycles. The van der Waals surface area contributed by atoms with E-state index in [1.54, 1.807) is 41.8 Å². The van der Waals surface area contributed by atoms with E-state index in [1.807, 2.05) is 49.6 Å². The van der Waals surface area contributed by atoms with Crippen LogP contribution >= 0.6 is 34.0 Å². The molecular weight excluding hydrogens is 683 g/mol. The van der Waals surface area contributed by atoms with Crippen LogP contribution in [0.2, 0.25) is 0 Å². The van der Waals surface area contributed by atoms with Gasteiger partial charge < -0.3 is 30.7 Å². The molecule has 0 bridgehead atoms. The van der Waals surface area contributed by atoms with Gasteiger partial charge >= 0.3 is 12.1 Å². The van der Waals surface area contributed by atoms with Gasteiger partial charge in [-0.3, -0.25) is 14.8 Å². The van der Waals surface area contributed by atoms with E-state index >= 15 is 0 Å². The molecule has 0 fully saturated rings. The Hall–Kier alpha value is -3.92. The molecule has 4 atom stereocenters. The summed E-state index contributed by atoms with van der Waals surface area (Å²) >= 11 is 4.39. The number of aliphatic hydroxyl groups excluding tert-OH is 1. The number of hydrogen-bond acceptors (Lipinski definition) is 11. The number of thiazole rings is 3. The van der Waals surface area contributed by atoms with Gasteiger partial charge in [0.2, 0.25) is 5.91 Å². The first kappa shape index (κ1) is 37.9. The quantitative estimate of drug-likeness (QED) is 0.113. The van der Waals surface area contributed by atoms with Gasteiger partial charge in [0.25, 0.3) is 0 Å². The molecule has 15 heteroatoms. The maximum Gasteiger partial charge on any atom is 0.407 e. The summed E-state index contributed by atoms with van der Waals surface area (Å²) in [6.07, 6.45) is 2.51. The van der Waals surface area contributed by atoms with Crippen molar-refractivity contribution < 1.29 is 24.2 Å². The molecule has 0 unspecified atom stereocenters. The Morgan fingerprint density at radius 1 is 0.918 bits per heavy atom. The zero-order valence-corrected chi connectivity index (χ0v) is 30.8. The molecule has 0 spiro atoms. The van der Waals surface area contributed by atoms with Crippen molar-refractivity contribution in [3.05, 3.63) is 85.1 Å². The van der Waals surface area contributed by atoms with Crippen LogP contribution in [0.15, 0.2) is 59.1 Å². The predicted octanol–water partition coefficient (Wildman–Crippen LogP) is 5.36. The maximum atomic E-state index is 13.8. The van der Waals surface area contributed by atoms with Gasteiger partial charge in [-0.05, 0) is 24.3 Å². The average Bonchev–Trinajstić information content (AvgIpc) is 3.86. The molecular formula is C34H45N7O5S3. The fraction of sp³-hybridized carbons (Fsp3) is 0.471. The third kappa shape index (κ3) is 12.2. The number of nitrogens with zero attached hydrogens (tertiary/aromatic N) is 4. The average molecular weight is 728 g/mol. The summed E-state index contributed by atoms with van der Waals surface area (Å²) in [5.74, 6) is -0.291. The molecule has 0 aliphatic heterocycles. The molecule has 12 nitrogen and oxygen atoms in total. The second-order valence-corrected chi connectivity index (χ2v) is 15.4. The Balaban J connectivity index is 1.44. The van der Waals surface area contributed by atoms with Gasteiger partial charge in [0.15, 0.2) is 0 Å². The molecule has 3 aromatic heterocycles. The molecule has 4 rings (SSSR count). The van der Waals surface area contributed by atoms with Crippen LogP contribution in [-0.4, -0.2) is 74.3 Å². The van der Waals surface area contributed by atoms with Gasteiger partial charge in [0, 0.05) is 48.1 Å². The molecule has 3 heterocycles. The molecule has 49 heavy (non-hydrogen) atoms. The van der Waals surface area contributed by atoms with Crippen molar-refractivity contribution in [1.82, 2.24) is 35.8 Å². The summed E-state index contributed by atoms with van der Waals surface area (Å²) in [5, 5.41) is 23.4. The highest BCUT2D eigenvalue weighted by Crippen LogP contribution is 2.20. The number of rotatable bonds is 17. The zero-order valence-electron chi connectivity index (χ0n) is 28.4. The van der Waals surface area contributed by atoms with E-state index in [-0.39, 0.29) is 24.9 Å². The van der Waals surface area contributed by atoms with Crippen LogP contribution in [0.5, 0.6) is 0 Å². The minimum Gasteiger partial charge on any atom is -0.444 e. The van der Waals surface area contributed by atoms with Crippen LogP contribution in [0.3, 0.4) is 0 Å². The molecule has 4 amide bonds. The first-order valence-corrected chi connectivity index (χ1v) is 18.8. The summed E-state index contributed by atoms with van der Waals surface area (Å²) in [7, 11) is 1.67. The zero-order chi connectivity index (χ0) is 35.3. The number of nitrogens with one attached hydrogen (secondary N) is 3. The normalized spacial score (nSPS) is 13.8. The largest absolute Gasteiger partial charge is 0.444 e. The first-order chi connectivity index (χ1) is 23.5. The van der Waals surface area contributed by atoms with E-state index in [0.29, 0.717) is 25.3 Å². The summed E-state index contributed by atoms with van der Waals surface area (Å²) in [5.41, 5.74) is 5.08. The number of benzene rings is 1. The van der Waals surface area contributed by atoms with Crippen LogP contribution in [0.1, 0.15) is 66.1 Å². The number of carbonyl (C=O) groups is 3. The van der Waals surface area contributed by atoms with Crippen molar-refractivity contribution in [1.29, 1.82) is 0 Å². The summed E-state index contributed by atoms with van der Waals surface area (Å²) in [6.45, 7) is 8.26. The predicted molar refractivity (Wildman–Crippen MR) is 193 cm³/mol.